The molecule has 144 valence electrons. The summed E-state index contributed by atoms with van der Waals surface area (Å²) in [5, 5.41) is 3.67. The minimum absolute atomic E-state index is 0.132. The molecule has 3 rings (SSSR count). The number of aromatic nitrogens is 1. The molecular weight excluding hydrogens is 364 g/mol. The van der Waals surface area contributed by atoms with Crippen LogP contribution >= 0.6 is 11.6 Å². The highest BCUT2D eigenvalue weighted by atomic mass is 35.5. The number of hydrogen-bond acceptors (Lipinski definition) is 5. The van der Waals surface area contributed by atoms with Crippen LogP contribution in [0.1, 0.15) is 21.6 Å². The minimum Gasteiger partial charge on any atom is -0.378 e. The zero-order chi connectivity index (χ0) is 19.4. The predicted octanol–water partition coefficient (Wildman–Crippen LogP) is 2.88. The second kappa shape index (κ2) is 8.59. The number of morpholine rings is 1. The lowest BCUT2D eigenvalue weighted by molar-refractivity contribution is 0.0950. The lowest BCUT2D eigenvalue weighted by Gasteiger charge is -2.30. The molecule has 0 saturated carbocycles. The number of rotatable bonds is 5. The van der Waals surface area contributed by atoms with Crippen molar-refractivity contribution < 1.29 is 9.53 Å². The summed E-state index contributed by atoms with van der Waals surface area (Å²) in [5.74, 6) is 0.751. The fourth-order valence-electron chi connectivity index (χ4n) is 3.10. The van der Waals surface area contributed by atoms with Crippen LogP contribution in [-0.4, -0.2) is 51.3 Å². The molecule has 6 nitrogen and oxygen atoms in total. The zero-order valence-corrected chi connectivity index (χ0v) is 16.7. The number of carbonyl (C=O) groups is 1. The lowest BCUT2D eigenvalue weighted by Crippen LogP contribution is -2.37. The summed E-state index contributed by atoms with van der Waals surface area (Å²) in [7, 11) is 3.88. The van der Waals surface area contributed by atoms with Gasteiger partial charge in [-0.2, -0.15) is 0 Å². The van der Waals surface area contributed by atoms with E-state index in [4.69, 9.17) is 21.3 Å². The van der Waals surface area contributed by atoms with Crippen molar-refractivity contribution in [1.29, 1.82) is 0 Å². The molecule has 0 unspecified atom stereocenters. The molecule has 1 aromatic heterocycles. The van der Waals surface area contributed by atoms with Gasteiger partial charge in [-0.25, -0.2) is 4.98 Å². The summed E-state index contributed by atoms with van der Waals surface area (Å²) in [6.07, 6.45) is 0. The quantitative estimate of drug-likeness (QED) is 0.853. The fourth-order valence-corrected chi connectivity index (χ4v) is 3.23. The maximum Gasteiger partial charge on any atom is 0.255 e. The first kappa shape index (κ1) is 19.5. The maximum absolute atomic E-state index is 12.9. The minimum atomic E-state index is -0.132. The average Bonchev–Trinajstić information content (AvgIpc) is 2.67. The topological polar surface area (TPSA) is 57.7 Å². The number of hydrogen-bond donors (Lipinski definition) is 1. The number of nitrogens with zero attached hydrogens (tertiary/aromatic N) is 3. The first-order chi connectivity index (χ1) is 13.0. The number of carbonyl (C=O) groups excluding carboxylic acids is 1. The van der Waals surface area contributed by atoms with E-state index in [9.17, 15) is 4.79 Å². The molecule has 0 atom stereocenters. The second-order valence-corrected chi connectivity index (χ2v) is 7.20. The number of amides is 1. The van der Waals surface area contributed by atoms with E-state index >= 15 is 0 Å². The van der Waals surface area contributed by atoms with Gasteiger partial charge in [0.15, 0.2) is 0 Å². The third kappa shape index (κ3) is 4.70. The molecule has 1 saturated heterocycles. The Morgan fingerprint density at radius 3 is 2.56 bits per heavy atom. The Labute approximate surface area is 165 Å². The smallest absolute Gasteiger partial charge is 0.255 e. The number of nitrogens with one attached hydrogen (secondary N) is 1. The van der Waals surface area contributed by atoms with E-state index < -0.39 is 0 Å². The maximum atomic E-state index is 12.9. The van der Waals surface area contributed by atoms with E-state index in [2.05, 4.69) is 10.2 Å². The van der Waals surface area contributed by atoms with Crippen molar-refractivity contribution in [2.45, 2.75) is 13.5 Å². The molecule has 0 spiro atoms. The Morgan fingerprint density at radius 2 is 1.93 bits per heavy atom. The predicted molar refractivity (Wildman–Crippen MR) is 109 cm³/mol. The number of anilines is 2. The van der Waals surface area contributed by atoms with Crippen molar-refractivity contribution in [2.24, 2.45) is 0 Å². The van der Waals surface area contributed by atoms with Crippen LogP contribution in [0.3, 0.4) is 0 Å². The van der Waals surface area contributed by atoms with Crippen LogP contribution in [0.4, 0.5) is 11.5 Å². The molecular formula is C20H25ClN4O2. The second-order valence-electron chi connectivity index (χ2n) is 6.76. The Morgan fingerprint density at radius 1 is 1.26 bits per heavy atom. The summed E-state index contributed by atoms with van der Waals surface area (Å²) >= 11 is 5.91. The number of aryl methyl sites for hydroxylation is 1. The van der Waals surface area contributed by atoms with Crippen LogP contribution in [-0.2, 0) is 11.3 Å². The van der Waals surface area contributed by atoms with Gasteiger partial charge < -0.3 is 19.9 Å². The van der Waals surface area contributed by atoms with Crippen molar-refractivity contribution in [3.05, 3.63) is 52.2 Å². The van der Waals surface area contributed by atoms with Crippen molar-refractivity contribution in [2.75, 3.05) is 50.2 Å². The van der Waals surface area contributed by atoms with E-state index in [1.54, 1.807) is 0 Å². The molecule has 2 aromatic rings. The van der Waals surface area contributed by atoms with E-state index in [-0.39, 0.29) is 5.91 Å². The summed E-state index contributed by atoms with van der Waals surface area (Å²) in [4.78, 5) is 21.7. The van der Waals surface area contributed by atoms with E-state index in [1.165, 1.54) is 0 Å². The third-order valence-corrected chi connectivity index (χ3v) is 4.83. The first-order valence-electron chi connectivity index (χ1n) is 9.00. The van der Waals surface area contributed by atoms with Gasteiger partial charge in [0.25, 0.3) is 5.91 Å². The van der Waals surface area contributed by atoms with E-state index in [0.717, 1.165) is 35.9 Å². The van der Waals surface area contributed by atoms with Gasteiger partial charge in [-0.15, -0.1) is 0 Å². The molecule has 0 aliphatic carbocycles. The van der Waals surface area contributed by atoms with Crippen LogP contribution in [0.2, 0.25) is 5.02 Å². The van der Waals surface area contributed by atoms with Crippen molar-refractivity contribution in [3.8, 4) is 0 Å². The van der Waals surface area contributed by atoms with Gasteiger partial charge in [-0.3, -0.25) is 4.79 Å². The Balaban J connectivity index is 1.82. The number of benzene rings is 1. The molecule has 1 fully saturated rings. The Hall–Kier alpha value is -2.31. The highest BCUT2D eigenvalue weighted by Gasteiger charge is 2.21. The van der Waals surface area contributed by atoms with Gasteiger partial charge in [0, 0.05) is 44.8 Å². The molecule has 1 amide bonds. The standard InChI is InChI=1S/C20H25ClN4O2/c1-14-19(20(26)22-13-15-4-6-16(21)7-5-15)17(24(2)3)12-18(23-14)25-8-10-27-11-9-25/h4-7,12H,8-11,13H2,1-3H3,(H,22,26). The van der Waals surface area contributed by atoms with Gasteiger partial charge in [-0.1, -0.05) is 23.7 Å². The molecule has 1 aliphatic heterocycles. The molecule has 0 bridgehead atoms. The van der Waals surface area contributed by atoms with Crippen LogP contribution in [0.15, 0.2) is 30.3 Å². The lowest BCUT2D eigenvalue weighted by atomic mass is 10.1. The van der Waals surface area contributed by atoms with Crippen LogP contribution < -0.4 is 15.1 Å². The van der Waals surface area contributed by atoms with Crippen molar-refractivity contribution in [3.63, 3.8) is 0 Å². The van der Waals surface area contributed by atoms with Crippen molar-refractivity contribution in [1.82, 2.24) is 10.3 Å². The molecule has 7 heteroatoms. The Kier molecular flexibility index (Phi) is 6.19. The normalized spacial score (nSPS) is 14.1. The number of halogens is 1. The third-order valence-electron chi connectivity index (χ3n) is 4.58. The Bertz CT molecular complexity index is 802. The fraction of sp³-hybridized carbons (Fsp3) is 0.400. The van der Waals surface area contributed by atoms with E-state index in [1.807, 2.05) is 56.3 Å². The molecule has 1 aromatic carbocycles. The van der Waals surface area contributed by atoms with Gasteiger partial charge >= 0.3 is 0 Å². The molecule has 1 N–H and O–H groups in total. The summed E-state index contributed by atoms with van der Waals surface area (Å²) in [5.41, 5.74) is 3.18. The van der Waals surface area contributed by atoms with Gasteiger partial charge in [0.2, 0.25) is 0 Å². The molecule has 2 heterocycles. The first-order valence-corrected chi connectivity index (χ1v) is 9.38. The summed E-state index contributed by atoms with van der Waals surface area (Å²) in [6.45, 7) is 5.33. The molecule has 1 aliphatic rings. The van der Waals surface area contributed by atoms with Gasteiger partial charge in [-0.05, 0) is 24.6 Å². The molecule has 27 heavy (non-hydrogen) atoms. The van der Waals surface area contributed by atoms with Crippen LogP contribution in [0.5, 0.6) is 0 Å². The monoisotopic (exact) mass is 388 g/mol. The van der Waals surface area contributed by atoms with E-state index in [0.29, 0.717) is 30.3 Å². The van der Waals surface area contributed by atoms with Gasteiger partial charge in [0.05, 0.1) is 30.2 Å². The summed E-state index contributed by atoms with van der Waals surface area (Å²) < 4.78 is 5.42. The van der Waals surface area contributed by atoms with Crippen LogP contribution in [0.25, 0.3) is 0 Å². The van der Waals surface area contributed by atoms with Gasteiger partial charge in [0.1, 0.15) is 5.82 Å². The average molecular weight is 389 g/mol. The largest absolute Gasteiger partial charge is 0.378 e. The highest BCUT2D eigenvalue weighted by Crippen LogP contribution is 2.27. The number of pyridine rings is 1. The number of ether oxygens (including phenoxy) is 1. The highest BCUT2D eigenvalue weighted by molar-refractivity contribution is 6.30. The molecule has 0 radical (unpaired) electrons. The zero-order valence-electron chi connectivity index (χ0n) is 16.0. The summed E-state index contributed by atoms with van der Waals surface area (Å²) in [6, 6.07) is 9.43. The van der Waals surface area contributed by atoms with Crippen molar-refractivity contribution >= 4 is 29.0 Å². The SMILES string of the molecule is Cc1nc(N2CCOCC2)cc(N(C)C)c1C(=O)NCc1ccc(Cl)cc1. The van der Waals surface area contributed by atoms with Crippen LogP contribution in [0, 0.1) is 6.92 Å².